The Hall–Kier alpha value is -1.55. The average Bonchev–Trinajstić information content (AvgIpc) is 2.98. The molecule has 5 heteroatoms. The Morgan fingerprint density at radius 2 is 2.05 bits per heavy atom. The zero-order valence-electron chi connectivity index (χ0n) is 10.4. The molecule has 0 amide bonds. The van der Waals surface area contributed by atoms with Gasteiger partial charge >= 0.3 is 0 Å². The highest BCUT2D eigenvalue weighted by Gasteiger charge is 2.20. The van der Waals surface area contributed by atoms with E-state index >= 15 is 0 Å². The molecule has 2 N–H and O–H groups in total. The van der Waals surface area contributed by atoms with Crippen molar-refractivity contribution in [3.05, 3.63) is 35.2 Å². The van der Waals surface area contributed by atoms with Crippen LogP contribution in [0.2, 0.25) is 5.02 Å². The van der Waals surface area contributed by atoms with Crippen LogP contribution in [-0.2, 0) is 0 Å². The molecule has 2 aromatic rings. The summed E-state index contributed by atoms with van der Waals surface area (Å²) in [6.07, 6.45) is 6.59. The predicted octanol–water partition coefficient (Wildman–Crippen LogP) is 4.04. The molecule has 1 aromatic heterocycles. The number of nitrogens with two attached hydrogens (primary N) is 1. The van der Waals surface area contributed by atoms with Crippen molar-refractivity contribution in [3.8, 4) is 11.3 Å². The largest absolute Gasteiger partial charge is 0.396 e. The van der Waals surface area contributed by atoms with E-state index in [0.717, 1.165) is 12.8 Å². The van der Waals surface area contributed by atoms with Gasteiger partial charge in [0.25, 0.3) is 0 Å². The van der Waals surface area contributed by atoms with Gasteiger partial charge in [0, 0.05) is 11.8 Å². The van der Waals surface area contributed by atoms with Crippen LogP contribution < -0.4 is 5.73 Å². The molecule has 1 fully saturated rings. The Bertz CT molecular complexity index is 603. The van der Waals surface area contributed by atoms with Gasteiger partial charge in [-0.1, -0.05) is 24.4 Å². The summed E-state index contributed by atoms with van der Waals surface area (Å²) in [7, 11) is 0. The number of benzene rings is 1. The Labute approximate surface area is 116 Å². The Morgan fingerprint density at radius 1 is 1.32 bits per heavy atom. The molecule has 0 saturated heterocycles. The topological polar surface area (TPSA) is 43.8 Å². The minimum Gasteiger partial charge on any atom is -0.396 e. The maximum Gasteiger partial charge on any atom is 0.124 e. The van der Waals surface area contributed by atoms with Crippen molar-refractivity contribution in [2.45, 2.75) is 31.7 Å². The Morgan fingerprint density at radius 3 is 2.74 bits per heavy atom. The molecule has 0 radical (unpaired) electrons. The van der Waals surface area contributed by atoms with Crippen molar-refractivity contribution < 1.29 is 4.39 Å². The second-order valence-corrected chi connectivity index (χ2v) is 5.38. The standard InChI is InChI=1S/C14H15ClFN3/c15-12-7-9(16)5-6-11(12)14-13(17)8-19(18-14)10-3-1-2-4-10/h5-8,10H,1-4,17H2. The summed E-state index contributed by atoms with van der Waals surface area (Å²) in [6.45, 7) is 0. The lowest BCUT2D eigenvalue weighted by Crippen LogP contribution is -2.05. The molecule has 0 unspecified atom stereocenters. The average molecular weight is 280 g/mol. The van der Waals surface area contributed by atoms with E-state index in [1.165, 1.54) is 25.0 Å². The van der Waals surface area contributed by atoms with Crippen molar-refractivity contribution in [1.82, 2.24) is 9.78 Å². The molecule has 0 atom stereocenters. The molecule has 0 spiro atoms. The zero-order valence-corrected chi connectivity index (χ0v) is 11.2. The predicted molar refractivity (Wildman–Crippen MR) is 74.5 cm³/mol. The lowest BCUT2D eigenvalue weighted by atomic mass is 10.1. The van der Waals surface area contributed by atoms with Gasteiger partial charge in [0.1, 0.15) is 11.5 Å². The molecule has 1 heterocycles. The minimum atomic E-state index is -0.359. The third-order valence-electron chi connectivity index (χ3n) is 3.65. The van der Waals surface area contributed by atoms with Crippen LogP contribution in [0.3, 0.4) is 0 Å². The quantitative estimate of drug-likeness (QED) is 0.901. The highest BCUT2D eigenvalue weighted by atomic mass is 35.5. The molecule has 3 rings (SSSR count). The van der Waals surface area contributed by atoms with Gasteiger partial charge in [-0.25, -0.2) is 4.39 Å². The fourth-order valence-electron chi connectivity index (χ4n) is 2.65. The van der Waals surface area contributed by atoms with Crippen LogP contribution in [0.25, 0.3) is 11.3 Å². The number of anilines is 1. The molecule has 1 aromatic carbocycles. The molecule has 1 aliphatic rings. The lowest BCUT2D eigenvalue weighted by Gasteiger charge is -2.08. The number of nitrogens with zero attached hydrogens (tertiary/aromatic N) is 2. The van der Waals surface area contributed by atoms with Gasteiger partial charge in [-0.2, -0.15) is 5.10 Å². The van der Waals surface area contributed by atoms with Crippen LogP contribution in [0, 0.1) is 5.82 Å². The Kier molecular flexibility index (Phi) is 3.19. The summed E-state index contributed by atoms with van der Waals surface area (Å²) < 4.78 is 15.0. The van der Waals surface area contributed by atoms with Crippen LogP contribution in [0.15, 0.2) is 24.4 Å². The first-order chi connectivity index (χ1) is 9.15. The number of halogens is 2. The zero-order chi connectivity index (χ0) is 13.4. The van der Waals surface area contributed by atoms with Gasteiger partial charge in [-0.3, -0.25) is 4.68 Å². The summed E-state index contributed by atoms with van der Waals surface area (Å²) in [4.78, 5) is 0. The maximum absolute atomic E-state index is 13.1. The number of hydrogen-bond donors (Lipinski definition) is 1. The second-order valence-electron chi connectivity index (χ2n) is 4.98. The van der Waals surface area contributed by atoms with Crippen molar-refractivity contribution in [1.29, 1.82) is 0 Å². The molecular weight excluding hydrogens is 265 g/mol. The van der Waals surface area contributed by atoms with Gasteiger partial charge in [-0.15, -0.1) is 0 Å². The first-order valence-corrected chi connectivity index (χ1v) is 6.83. The SMILES string of the molecule is Nc1cn(C2CCCC2)nc1-c1ccc(F)cc1Cl. The summed E-state index contributed by atoms with van der Waals surface area (Å²) in [6, 6.07) is 4.70. The van der Waals surface area contributed by atoms with E-state index in [1.807, 2.05) is 10.9 Å². The van der Waals surface area contributed by atoms with E-state index in [9.17, 15) is 4.39 Å². The Balaban J connectivity index is 2.00. The third kappa shape index (κ3) is 2.32. The normalized spacial score (nSPS) is 16.1. The van der Waals surface area contributed by atoms with E-state index in [1.54, 1.807) is 6.07 Å². The monoisotopic (exact) mass is 279 g/mol. The first-order valence-electron chi connectivity index (χ1n) is 6.45. The van der Waals surface area contributed by atoms with Crippen LogP contribution in [0.4, 0.5) is 10.1 Å². The fraction of sp³-hybridized carbons (Fsp3) is 0.357. The van der Waals surface area contributed by atoms with Crippen molar-refractivity contribution >= 4 is 17.3 Å². The molecule has 1 aliphatic carbocycles. The highest BCUT2D eigenvalue weighted by Crippen LogP contribution is 2.35. The molecular formula is C14H15ClFN3. The fourth-order valence-corrected chi connectivity index (χ4v) is 2.91. The molecule has 0 bridgehead atoms. The van der Waals surface area contributed by atoms with Crippen molar-refractivity contribution in [3.63, 3.8) is 0 Å². The second kappa shape index (κ2) is 4.85. The van der Waals surface area contributed by atoms with Crippen LogP contribution >= 0.6 is 11.6 Å². The van der Waals surface area contributed by atoms with E-state index in [0.29, 0.717) is 28.0 Å². The molecule has 1 saturated carbocycles. The van der Waals surface area contributed by atoms with E-state index in [2.05, 4.69) is 5.10 Å². The molecule has 19 heavy (non-hydrogen) atoms. The first kappa shape index (κ1) is 12.5. The number of nitrogen functional groups attached to an aromatic ring is 1. The van der Waals surface area contributed by atoms with Crippen LogP contribution in [0.5, 0.6) is 0 Å². The van der Waals surface area contributed by atoms with Crippen molar-refractivity contribution in [2.75, 3.05) is 5.73 Å². The summed E-state index contributed by atoms with van der Waals surface area (Å²) >= 11 is 6.06. The van der Waals surface area contributed by atoms with Gasteiger partial charge < -0.3 is 5.73 Å². The highest BCUT2D eigenvalue weighted by molar-refractivity contribution is 6.33. The molecule has 100 valence electrons. The smallest absolute Gasteiger partial charge is 0.124 e. The van der Waals surface area contributed by atoms with Crippen LogP contribution in [-0.4, -0.2) is 9.78 Å². The molecule has 0 aliphatic heterocycles. The maximum atomic E-state index is 13.1. The van der Waals surface area contributed by atoms with Crippen LogP contribution in [0.1, 0.15) is 31.7 Å². The van der Waals surface area contributed by atoms with Gasteiger partial charge in [0.2, 0.25) is 0 Å². The third-order valence-corrected chi connectivity index (χ3v) is 3.96. The number of hydrogen-bond acceptors (Lipinski definition) is 2. The summed E-state index contributed by atoms with van der Waals surface area (Å²) in [5, 5.41) is 4.87. The number of rotatable bonds is 2. The minimum absolute atomic E-state index is 0.336. The van der Waals surface area contributed by atoms with Crippen molar-refractivity contribution in [2.24, 2.45) is 0 Å². The van der Waals surface area contributed by atoms with E-state index in [-0.39, 0.29) is 5.82 Å². The van der Waals surface area contributed by atoms with Gasteiger partial charge in [0.05, 0.1) is 16.8 Å². The molecule has 3 nitrogen and oxygen atoms in total. The van der Waals surface area contributed by atoms with Gasteiger partial charge in [-0.05, 0) is 31.0 Å². The summed E-state index contributed by atoms with van der Waals surface area (Å²) in [5.74, 6) is -0.359. The van der Waals surface area contributed by atoms with E-state index in [4.69, 9.17) is 17.3 Å². The lowest BCUT2D eigenvalue weighted by molar-refractivity contribution is 0.468. The van der Waals surface area contributed by atoms with E-state index < -0.39 is 0 Å². The van der Waals surface area contributed by atoms with Gasteiger partial charge in [0.15, 0.2) is 0 Å². The summed E-state index contributed by atoms with van der Waals surface area (Å²) in [5.41, 5.74) is 7.91. The number of aromatic nitrogens is 2.